The molecule has 0 saturated heterocycles. The summed E-state index contributed by atoms with van der Waals surface area (Å²) in [6.45, 7) is 3.00. The zero-order valence-corrected chi connectivity index (χ0v) is 9.36. The number of hydrogen-bond donors (Lipinski definition) is 0. The van der Waals surface area contributed by atoms with E-state index in [4.69, 9.17) is 0 Å². The maximum absolute atomic E-state index is 4.51. The molecular weight excluding hydrogens is 261 g/mol. The average molecular weight is 274 g/mol. The lowest BCUT2D eigenvalue weighted by Gasteiger charge is -2.26. The van der Waals surface area contributed by atoms with Gasteiger partial charge in [-0.1, -0.05) is 65.4 Å². The molecule has 1 aromatic rings. The van der Waals surface area contributed by atoms with Crippen molar-refractivity contribution in [2.45, 2.75) is 19.5 Å². The van der Waals surface area contributed by atoms with Gasteiger partial charge in [0.1, 0.15) is 0 Å². The van der Waals surface area contributed by atoms with Crippen LogP contribution in [0.5, 0.6) is 0 Å². The van der Waals surface area contributed by atoms with Gasteiger partial charge in [-0.05, 0) is 4.43 Å². The molecule has 1 aromatic carbocycles. The summed E-state index contributed by atoms with van der Waals surface area (Å²) in [7, 11) is 0. The number of hydrogen-bond acceptors (Lipinski definition) is 0. The number of rotatable bonds is 4. The Morgan fingerprint density at radius 3 is 2.58 bits per heavy atom. The Kier molecular flexibility index (Phi) is 4.61. The molecule has 0 amide bonds. The summed E-state index contributed by atoms with van der Waals surface area (Å²) in [6.07, 6.45) is 0. The van der Waals surface area contributed by atoms with E-state index >= 15 is 0 Å². The summed E-state index contributed by atoms with van der Waals surface area (Å²) in [6, 6.07) is 10.8. The second-order valence-electron chi connectivity index (χ2n) is 2.83. The molecule has 12 heavy (non-hydrogen) atoms. The van der Waals surface area contributed by atoms with Crippen LogP contribution in [-0.2, 0) is 6.54 Å². The van der Waals surface area contributed by atoms with Crippen LogP contribution in [0.15, 0.2) is 30.3 Å². The molecule has 0 unspecified atom stereocenters. The van der Waals surface area contributed by atoms with E-state index in [1.54, 1.807) is 0 Å². The lowest BCUT2D eigenvalue weighted by molar-refractivity contribution is 0.898. The van der Waals surface area contributed by atoms with E-state index in [0.717, 1.165) is 11.0 Å². The molecule has 0 saturated carbocycles. The lowest BCUT2D eigenvalue weighted by Crippen LogP contribution is -2.01. The van der Waals surface area contributed by atoms with Gasteiger partial charge in [0.2, 0.25) is 0 Å². The van der Waals surface area contributed by atoms with Crippen LogP contribution in [0.3, 0.4) is 0 Å². The minimum absolute atomic E-state index is 0.478. The van der Waals surface area contributed by atoms with Crippen molar-refractivity contribution in [2.75, 3.05) is 4.43 Å². The van der Waals surface area contributed by atoms with Crippen molar-refractivity contribution < 1.29 is 0 Å². The Labute approximate surface area is 87.7 Å². The van der Waals surface area contributed by atoms with E-state index in [2.05, 4.69) is 59.1 Å². The summed E-state index contributed by atoms with van der Waals surface area (Å²) in [5, 5.41) is 4.51. The van der Waals surface area contributed by atoms with Crippen molar-refractivity contribution in [3.63, 3.8) is 0 Å². The monoisotopic (exact) mass is 274 g/mol. The smallest absolute Gasteiger partial charge is 0.0168 e. The van der Waals surface area contributed by atoms with Gasteiger partial charge in [-0.25, -0.2) is 0 Å². The quantitative estimate of drug-likeness (QED) is 0.590. The number of halogens is 1. The topological polar surface area (TPSA) is 14.1 Å². The molecule has 66 valence electrons. The van der Waals surface area contributed by atoms with E-state index in [9.17, 15) is 0 Å². The standard InChI is InChI=1S/C10H13IN/c1-9(7-11)12-8-10-5-3-2-4-6-10/h2-6,9H,7-8H2,1H3/q-1/t9-/m1/s1. The van der Waals surface area contributed by atoms with Gasteiger partial charge in [0.05, 0.1) is 0 Å². The van der Waals surface area contributed by atoms with Crippen molar-refractivity contribution in [1.82, 2.24) is 0 Å². The maximum atomic E-state index is 4.51. The van der Waals surface area contributed by atoms with Crippen molar-refractivity contribution in [1.29, 1.82) is 0 Å². The second-order valence-corrected chi connectivity index (χ2v) is 3.71. The zero-order valence-electron chi connectivity index (χ0n) is 7.20. The highest BCUT2D eigenvalue weighted by Gasteiger charge is 1.86. The van der Waals surface area contributed by atoms with Gasteiger partial charge in [-0.2, -0.15) is 0 Å². The summed E-state index contributed by atoms with van der Waals surface area (Å²) in [5.74, 6) is 0. The first-order valence-corrected chi connectivity index (χ1v) is 5.62. The molecule has 1 atom stereocenters. The minimum atomic E-state index is 0.478. The van der Waals surface area contributed by atoms with Crippen molar-refractivity contribution in [3.05, 3.63) is 41.2 Å². The van der Waals surface area contributed by atoms with Gasteiger partial charge in [0.25, 0.3) is 0 Å². The molecule has 0 aliphatic carbocycles. The Bertz CT molecular complexity index is 210. The van der Waals surface area contributed by atoms with Crippen LogP contribution in [0.4, 0.5) is 0 Å². The first kappa shape index (κ1) is 9.99. The summed E-state index contributed by atoms with van der Waals surface area (Å²) in [5.41, 5.74) is 1.30. The van der Waals surface area contributed by atoms with Gasteiger partial charge in [-0.15, -0.1) is 12.6 Å². The largest absolute Gasteiger partial charge is 0.655 e. The molecule has 0 fully saturated rings. The SMILES string of the molecule is C[C@H](CI)[N-]Cc1ccccc1. The first-order valence-electron chi connectivity index (χ1n) is 4.09. The average Bonchev–Trinajstić information content (AvgIpc) is 2.16. The molecule has 0 spiro atoms. The lowest BCUT2D eigenvalue weighted by atomic mass is 10.2. The number of benzene rings is 1. The molecule has 0 aliphatic heterocycles. The molecule has 1 nitrogen and oxygen atoms in total. The molecule has 0 heterocycles. The molecular formula is C10H13IN-. The van der Waals surface area contributed by atoms with Crippen molar-refractivity contribution >= 4 is 22.6 Å². The molecule has 0 aliphatic rings. The van der Waals surface area contributed by atoms with Gasteiger partial charge in [-0.3, -0.25) is 0 Å². The Balaban J connectivity index is 2.33. The van der Waals surface area contributed by atoms with Gasteiger partial charge < -0.3 is 5.32 Å². The van der Waals surface area contributed by atoms with E-state index in [0.29, 0.717) is 6.04 Å². The van der Waals surface area contributed by atoms with Crippen LogP contribution in [-0.4, -0.2) is 10.5 Å². The third-order valence-electron chi connectivity index (χ3n) is 1.65. The number of nitrogens with zero attached hydrogens (tertiary/aromatic N) is 1. The van der Waals surface area contributed by atoms with E-state index in [-0.39, 0.29) is 0 Å². The van der Waals surface area contributed by atoms with Gasteiger partial charge in [0, 0.05) is 0 Å². The highest BCUT2D eigenvalue weighted by Crippen LogP contribution is 2.09. The summed E-state index contributed by atoms with van der Waals surface area (Å²) >= 11 is 2.36. The Morgan fingerprint density at radius 1 is 1.33 bits per heavy atom. The highest BCUT2D eigenvalue weighted by atomic mass is 127. The third kappa shape index (κ3) is 3.54. The van der Waals surface area contributed by atoms with Crippen LogP contribution in [0, 0.1) is 0 Å². The minimum Gasteiger partial charge on any atom is -0.655 e. The normalized spacial score (nSPS) is 12.8. The molecule has 1 rings (SSSR count). The molecule has 2 heteroatoms. The molecule has 0 N–H and O–H groups in total. The third-order valence-corrected chi connectivity index (χ3v) is 2.93. The second kappa shape index (κ2) is 5.54. The van der Waals surface area contributed by atoms with Crippen LogP contribution in [0.2, 0.25) is 0 Å². The molecule has 0 radical (unpaired) electrons. The van der Waals surface area contributed by atoms with Gasteiger partial charge in [0.15, 0.2) is 0 Å². The maximum Gasteiger partial charge on any atom is -0.0168 e. The summed E-state index contributed by atoms with van der Waals surface area (Å²) < 4.78 is 1.10. The van der Waals surface area contributed by atoms with Crippen LogP contribution < -0.4 is 0 Å². The Morgan fingerprint density at radius 2 is 2.00 bits per heavy atom. The van der Waals surface area contributed by atoms with Crippen molar-refractivity contribution in [3.8, 4) is 0 Å². The fraction of sp³-hybridized carbons (Fsp3) is 0.400. The van der Waals surface area contributed by atoms with Crippen molar-refractivity contribution in [2.24, 2.45) is 0 Å². The number of alkyl halides is 1. The Hall–Kier alpha value is -0.0900. The first-order chi connectivity index (χ1) is 5.83. The van der Waals surface area contributed by atoms with E-state index < -0.39 is 0 Å². The fourth-order valence-electron chi connectivity index (χ4n) is 0.893. The predicted molar refractivity (Wildman–Crippen MR) is 61.9 cm³/mol. The van der Waals surface area contributed by atoms with Crippen LogP contribution in [0.1, 0.15) is 12.5 Å². The van der Waals surface area contributed by atoms with Gasteiger partial charge >= 0.3 is 0 Å². The van der Waals surface area contributed by atoms with E-state index in [1.165, 1.54) is 5.56 Å². The summed E-state index contributed by atoms with van der Waals surface area (Å²) in [4.78, 5) is 0. The fourth-order valence-corrected chi connectivity index (χ4v) is 1.17. The highest BCUT2D eigenvalue weighted by molar-refractivity contribution is 14.1. The zero-order chi connectivity index (χ0) is 8.81. The van der Waals surface area contributed by atoms with Crippen LogP contribution >= 0.6 is 22.6 Å². The molecule has 0 aromatic heterocycles. The molecule has 0 bridgehead atoms. The van der Waals surface area contributed by atoms with Crippen LogP contribution in [0.25, 0.3) is 5.32 Å². The predicted octanol–water partition coefficient (Wildman–Crippen LogP) is 3.38. The van der Waals surface area contributed by atoms with E-state index in [1.807, 2.05) is 6.07 Å².